The number of benzene rings is 3. The van der Waals surface area contributed by atoms with Crippen LogP contribution >= 0.6 is 0 Å². The molecule has 0 spiro atoms. The fourth-order valence-electron chi connectivity index (χ4n) is 4.81. The van der Waals surface area contributed by atoms with E-state index in [9.17, 15) is 9.59 Å². The Labute approximate surface area is 211 Å². The monoisotopic (exact) mass is 480 g/mol. The number of nitrogens with one attached hydrogen (secondary N) is 3. The van der Waals surface area contributed by atoms with Crippen LogP contribution in [0.15, 0.2) is 78.9 Å². The Balaban J connectivity index is 1.32. The summed E-state index contributed by atoms with van der Waals surface area (Å²) in [4.78, 5) is 34.5. The van der Waals surface area contributed by atoms with Crippen LogP contribution in [0.5, 0.6) is 0 Å². The lowest BCUT2D eigenvalue weighted by Gasteiger charge is -2.29. The van der Waals surface area contributed by atoms with Crippen LogP contribution in [-0.2, 0) is 11.2 Å². The summed E-state index contributed by atoms with van der Waals surface area (Å²) in [7, 11) is 0. The molecule has 6 heteroatoms. The number of rotatable bonds is 9. The number of H-pyrrole nitrogens is 1. The van der Waals surface area contributed by atoms with Crippen LogP contribution in [0.3, 0.4) is 0 Å². The fraction of sp³-hybridized carbons (Fsp3) is 0.300. The predicted molar refractivity (Wildman–Crippen MR) is 142 cm³/mol. The molecule has 6 nitrogen and oxygen atoms in total. The van der Waals surface area contributed by atoms with Crippen molar-refractivity contribution in [2.24, 2.45) is 5.92 Å². The maximum absolute atomic E-state index is 13.3. The van der Waals surface area contributed by atoms with Crippen LogP contribution in [0.2, 0.25) is 0 Å². The molecule has 0 radical (unpaired) electrons. The number of aromatic nitrogens is 2. The second-order valence-corrected chi connectivity index (χ2v) is 9.84. The molecule has 1 saturated carbocycles. The third-order valence-electron chi connectivity index (χ3n) is 7.00. The van der Waals surface area contributed by atoms with Crippen molar-refractivity contribution in [2.75, 3.05) is 0 Å². The topological polar surface area (TPSA) is 86.9 Å². The molecule has 2 amide bonds. The van der Waals surface area contributed by atoms with Crippen molar-refractivity contribution in [1.82, 2.24) is 20.6 Å². The molecular formula is C30H32N4O2. The van der Waals surface area contributed by atoms with Gasteiger partial charge in [0.1, 0.15) is 11.9 Å². The molecule has 0 unspecified atom stereocenters. The van der Waals surface area contributed by atoms with Gasteiger partial charge < -0.3 is 15.6 Å². The van der Waals surface area contributed by atoms with E-state index >= 15 is 0 Å². The summed E-state index contributed by atoms with van der Waals surface area (Å²) in [5, 5.41) is 6.12. The largest absolute Gasteiger partial charge is 0.352 e. The van der Waals surface area contributed by atoms with E-state index in [0.29, 0.717) is 23.4 Å². The molecule has 5 rings (SSSR count). The van der Waals surface area contributed by atoms with E-state index in [2.05, 4.69) is 20.6 Å². The first-order valence-electron chi connectivity index (χ1n) is 12.8. The van der Waals surface area contributed by atoms with Gasteiger partial charge in [-0.05, 0) is 43.0 Å². The Hall–Kier alpha value is -3.93. The van der Waals surface area contributed by atoms with Crippen molar-refractivity contribution >= 4 is 22.8 Å². The van der Waals surface area contributed by atoms with Crippen molar-refractivity contribution in [3.63, 3.8) is 0 Å². The molecule has 36 heavy (non-hydrogen) atoms. The Morgan fingerprint density at radius 3 is 2.39 bits per heavy atom. The van der Waals surface area contributed by atoms with Crippen LogP contribution in [0.1, 0.15) is 48.5 Å². The van der Waals surface area contributed by atoms with Crippen molar-refractivity contribution in [1.29, 1.82) is 0 Å². The molecule has 1 aliphatic rings. The zero-order chi connectivity index (χ0) is 24.9. The van der Waals surface area contributed by atoms with E-state index in [1.54, 1.807) is 12.1 Å². The fourth-order valence-corrected chi connectivity index (χ4v) is 4.81. The third-order valence-corrected chi connectivity index (χ3v) is 7.00. The van der Waals surface area contributed by atoms with Gasteiger partial charge in [0.2, 0.25) is 5.91 Å². The maximum atomic E-state index is 13.3. The number of carbonyl (C=O) groups excluding carboxylic acids is 2. The molecule has 0 saturated heterocycles. The first-order valence-corrected chi connectivity index (χ1v) is 12.8. The van der Waals surface area contributed by atoms with Gasteiger partial charge in [0.25, 0.3) is 5.91 Å². The molecule has 1 fully saturated rings. The highest BCUT2D eigenvalue weighted by Gasteiger charge is 2.26. The molecule has 0 aliphatic heterocycles. The zero-order valence-electron chi connectivity index (χ0n) is 20.5. The maximum Gasteiger partial charge on any atom is 0.252 e. The van der Waals surface area contributed by atoms with Crippen molar-refractivity contribution in [3.8, 4) is 11.4 Å². The van der Waals surface area contributed by atoms with Crippen LogP contribution in [-0.4, -0.2) is 33.9 Å². The molecule has 1 heterocycles. The van der Waals surface area contributed by atoms with Crippen LogP contribution < -0.4 is 10.6 Å². The summed E-state index contributed by atoms with van der Waals surface area (Å²) in [6.45, 7) is 2.05. The second-order valence-electron chi connectivity index (χ2n) is 9.84. The van der Waals surface area contributed by atoms with E-state index in [4.69, 9.17) is 0 Å². The first kappa shape index (κ1) is 23.8. The third kappa shape index (κ3) is 5.65. The number of aromatic amines is 1. The van der Waals surface area contributed by atoms with Gasteiger partial charge in [-0.2, -0.15) is 0 Å². The van der Waals surface area contributed by atoms with Gasteiger partial charge in [0, 0.05) is 23.6 Å². The highest BCUT2D eigenvalue weighted by molar-refractivity contribution is 6.00. The first-order chi connectivity index (χ1) is 17.5. The quantitative estimate of drug-likeness (QED) is 0.305. The molecule has 3 aromatic carbocycles. The Morgan fingerprint density at radius 1 is 0.972 bits per heavy atom. The summed E-state index contributed by atoms with van der Waals surface area (Å²) in [5.41, 5.74) is 4.02. The number of carbonyl (C=O) groups is 2. The minimum atomic E-state index is -0.668. The molecule has 1 aliphatic carbocycles. The number of amides is 2. The van der Waals surface area contributed by atoms with Gasteiger partial charge >= 0.3 is 0 Å². The molecular weight excluding hydrogens is 448 g/mol. The van der Waals surface area contributed by atoms with E-state index < -0.39 is 6.04 Å². The van der Waals surface area contributed by atoms with E-state index in [-0.39, 0.29) is 17.9 Å². The Morgan fingerprint density at radius 2 is 1.69 bits per heavy atom. The molecule has 4 aromatic rings. The second kappa shape index (κ2) is 10.8. The predicted octanol–water partition coefficient (Wildman–Crippen LogP) is 5.27. The number of nitrogens with zero attached hydrogens (tertiary/aromatic N) is 1. The van der Waals surface area contributed by atoms with Crippen molar-refractivity contribution < 1.29 is 9.59 Å². The minimum absolute atomic E-state index is 0.0785. The Bertz CT molecular complexity index is 1330. The Kier molecular flexibility index (Phi) is 7.12. The van der Waals surface area contributed by atoms with E-state index in [1.807, 2.05) is 73.7 Å². The summed E-state index contributed by atoms with van der Waals surface area (Å²) in [6.07, 6.45) is 5.18. The van der Waals surface area contributed by atoms with Crippen LogP contribution in [0.25, 0.3) is 22.4 Å². The number of fused-ring (bicyclic) bond motifs is 1. The minimum Gasteiger partial charge on any atom is -0.352 e. The average Bonchev–Trinajstić information content (AvgIpc) is 3.30. The lowest BCUT2D eigenvalue weighted by molar-refractivity contribution is -0.123. The normalized spacial score (nSPS) is 15.1. The lowest BCUT2D eigenvalue weighted by atomic mass is 9.81. The van der Waals surface area contributed by atoms with Gasteiger partial charge in [-0.25, -0.2) is 4.98 Å². The number of hydrogen-bond acceptors (Lipinski definition) is 3. The van der Waals surface area contributed by atoms with E-state index in [0.717, 1.165) is 28.9 Å². The van der Waals surface area contributed by atoms with Gasteiger partial charge in [0.05, 0.1) is 11.0 Å². The molecule has 0 bridgehead atoms. The summed E-state index contributed by atoms with van der Waals surface area (Å²) in [6, 6.07) is 24.5. The highest BCUT2D eigenvalue weighted by atomic mass is 16.2. The van der Waals surface area contributed by atoms with E-state index in [1.165, 1.54) is 19.3 Å². The number of imidazole rings is 1. The van der Waals surface area contributed by atoms with Gasteiger partial charge in [-0.15, -0.1) is 0 Å². The summed E-state index contributed by atoms with van der Waals surface area (Å²) >= 11 is 0. The van der Waals surface area contributed by atoms with Crippen molar-refractivity contribution in [2.45, 2.75) is 51.1 Å². The smallest absolute Gasteiger partial charge is 0.252 e. The van der Waals surface area contributed by atoms with Gasteiger partial charge in [-0.1, -0.05) is 79.9 Å². The molecule has 1 aromatic heterocycles. The van der Waals surface area contributed by atoms with Crippen molar-refractivity contribution in [3.05, 3.63) is 90.0 Å². The standard InChI is InChI=1S/C30H32N4O2/c1-20(17-21-11-8-12-21)31-30(36)27(18-22-9-4-2-5-10-22)34-29(35)24-15-16-25-26(19-24)33-28(32-25)23-13-6-3-7-14-23/h2-7,9-10,13-16,19-21,27H,8,11-12,17-18H2,1H3,(H,31,36)(H,32,33)(H,34,35)/t20-,27+/m1/s1. The molecule has 184 valence electrons. The average molecular weight is 481 g/mol. The van der Waals surface area contributed by atoms with Crippen LogP contribution in [0, 0.1) is 5.92 Å². The lowest BCUT2D eigenvalue weighted by Crippen LogP contribution is -2.50. The summed E-state index contributed by atoms with van der Waals surface area (Å²) < 4.78 is 0. The van der Waals surface area contributed by atoms with Gasteiger partial charge in [0.15, 0.2) is 0 Å². The van der Waals surface area contributed by atoms with Gasteiger partial charge in [-0.3, -0.25) is 9.59 Å². The SMILES string of the molecule is C[C@H](CC1CCC1)NC(=O)[C@H](Cc1ccccc1)NC(=O)c1ccc2[nH]c(-c3ccccc3)nc2c1. The highest BCUT2D eigenvalue weighted by Crippen LogP contribution is 2.30. The van der Waals surface area contributed by atoms with Crippen LogP contribution in [0.4, 0.5) is 0 Å². The number of hydrogen-bond donors (Lipinski definition) is 3. The zero-order valence-corrected chi connectivity index (χ0v) is 20.5. The molecule has 2 atom stereocenters. The summed E-state index contributed by atoms with van der Waals surface area (Å²) in [5.74, 6) is 1.02. The molecule has 3 N–H and O–H groups in total.